The van der Waals surface area contributed by atoms with Crippen LogP contribution in [0.3, 0.4) is 0 Å². The van der Waals surface area contributed by atoms with Crippen molar-refractivity contribution in [2.24, 2.45) is 5.41 Å². The van der Waals surface area contributed by atoms with E-state index in [0.29, 0.717) is 18.1 Å². The van der Waals surface area contributed by atoms with Crippen molar-refractivity contribution in [2.75, 3.05) is 6.54 Å². The average molecular weight is 187 g/mol. The molecule has 1 aliphatic carbocycles. The standard InChI is InChI=1S/C9H14FNO2/c10-11-6-9(3-1-2-4-9)5-7(11)8(12)13/h7H,1-6H2,(H,12,13). The van der Waals surface area contributed by atoms with Gasteiger partial charge in [0.15, 0.2) is 0 Å². The lowest BCUT2D eigenvalue weighted by atomic mass is 9.84. The summed E-state index contributed by atoms with van der Waals surface area (Å²) in [6, 6.07) is -0.891. The summed E-state index contributed by atoms with van der Waals surface area (Å²) in [5.74, 6) is -1.02. The first-order valence-electron chi connectivity index (χ1n) is 4.78. The molecular weight excluding hydrogens is 173 g/mol. The monoisotopic (exact) mass is 187 g/mol. The fourth-order valence-electron chi connectivity index (χ4n) is 2.70. The second-order valence-electron chi connectivity index (χ2n) is 4.32. The molecule has 1 unspecified atom stereocenters. The third-order valence-corrected chi connectivity index (χ3v) is 3.40. The quantitative estimate of drug-likeness (QED) is 0.634. The van der Waals surface area contributed by atoms with Gasteiger partial charge in [0.2, 0.25) is 0 Å². The van der Waals surface area contributed by atoms with Gasteiger partial charge in [-0.3, -0.25) is 4.79 Å². The molecule has 2 rings (SSSR count). The first-order valence-corrected chi connectivity index (χ1v) is 4.78. The highest BCUT2D eigenvalue weighted by molar-refractivity contribution is 5.73. The van der Waals surface area contributed by atoms with Gasteiger partial charge in [-0.25, -0.2) is 0 Å². The minimum absolute atomic E-state index is 0.0161. The van der Waals surface area contributed by atoms with E-state index in [0.717, 1.165) is 25.7 Å². The Labute approximate surface area is 76.5 Å². The van der Waals surface area contributed by atoms with Crippen LogP contribution in [0.4, 0.5) is 4.48 Å². The molecule has 1 saturated carbocycles. The Bertz CT molecular complexity index is 226. The normalized spacial score (nSPS) is 32.8. The molecule has 1 N–H and O–H groups in total. The predicted molar refractivity (Wildman–Crippen MR) is 44.8 cm³/mol. The van der Waals surface area contributed by atoms with Gasteiger partial charge in [-0.05, 0) is 24.7 Å². The molecule has 1 heterocycles. The Morgan fingerprint density at radius 1 is 1.46 bits per heavy atom. The maximum atomic E-state index is 13.2. The van der Waals surface area contributed by atoms with Crippen molar-refractivity contribution in [1.29, 1.82) is 0 Å². The van der Waals surface area contributed by atoms with Crippen LogP contribution in [-0.2, 0) is 4.79 Å². The van der Waals surface area contributed by atoms with Crippen LogP contribution in [0.2, 0.25) is 0 Å². The molecule has 0 bridgehead atoms. The van der Waals surface area contributed by atoms with E-state index in [2.05, 4.69) is 0 Å². The van der Waals surface area contributed by atoms with Crippen molar-refractivity contribution in [2.45, 2.75) is 38.1 Å². The molecule has 74 valence electrons. The van der Waals surface area contributed by atoms with Gasteiger partial charge in [0.25, 0.3) is 0 Å². The molecule has 13 heavy (non-hydrogen) atoms. The van der Waals surface area contributed by atoms with Crippen molar-refractivity contribution < 1.29 is 14.4 Å². The third-order valence-electron chi connectivity index (χ3n) is 3.40. The number of nitrogens with zero attached hydrogens (tertiary/aromatic N) is 1. The van der Waals surface area contributed by atoms with Crippen LogP contribution in [0.5, 0.6) is 0 Å². The zero-order valence-corrected chi connectivity index (χ0v) is 7.50. The van der Waals surface area contributed by atoms with Crippen LogP contribution >= 0.6 is 0 Å². The van der Waals surface area contributed by atoms with Gasteiger partial charge in [-0.1, -0.05) is 12.8 Å². The smallest absolute Gasteiger partial charge is 0.323 e. The van der Waals surface area contributed by atoms with Crippen molar-refractivity contribution in [3.8, 4) is 0 Å². The molecule has 1 atom stereocenters. The topological polar surface area (TPSA) is 40.5 Å². The summed E-state index contributed by atoms with van der Waals surface area (Å²) in [5, 5.41) is 9.25. The van der Waals surface area contributed by atoms with Crippen molar-refractivity contribution in [3.05, 3.63) is 0 Å². The molecule has 2 fully saturated rings. The Balaban J connectivity index is 2.09. The van der Waals surface area contributed by atoms with Gasteiger partial charge in [-0.2, -0.15) is 0 Å². The van der Waals surface area contributed by atoms with Crippen molar-refractivity contribution in [1.82, 2.24) is 5.12 Å². The van der Waals surface area contributed by atoms with E-state index >= 15 is 0 Å². The molecule has 0 aromatic carbocycles. The van der Waals surface area contributed by atoms with Crippen LogP contribution in [0.25, 0.3) is 0 Å². The summed E-state index contributed by atoms with van der Waals surface area (Å²) in [6.07, 6.45) is 4.74. The fraction of sp³-hybridized carbons (Fsp3) is 0.889. The van der Waals surface area contributed by atoms with E-state index in [4.69, 9.17) is 5.11 Å². The highest BCUT2D eigenvalue weighted by Gasteiger charge is 2.48. The number of aliphatic carboxylic acids is 1. The van der Waals surface area contributed by atoms with E-state index in [1.807, 2.05) is 0 Å². The third kappa shape index (κ3) is 1.43. The summed E-state index contributed by atoms with van der Waals surface area (Å²) in [6.45, 7) is 0.323. The van der Waals surface area contributed by atoms with Gasteiger partial charge >= 0.3 is 5.97 Å². The zero-order chi connectivity index (χ0) is 9.47. The second-order valence-corrected chi connectivity index (χ2v) is 4.32. The van der Waals surface area contributed by atoms with Gasteiger partial charge < -0.3 is 5.11 Å². The van der Waals surface area contributed by atoms with Crippen LogP contribution < -0.4 is 0 Å². The summed E-state index contributed by atoms with van der Waals surface area (Å²) in [5.41, 5.74) is -0.0161. The maximum Gasteiger partial charge on any atom is 0.323 e. The number of hydrogen-bond donors (Lipinski definition) is 1. The molecular formula is C9H14FNO2. The van der Waals surface area contributed by atoms with Gasteiger partial charge in [0, 0.05) is 6.54 Å². The van der Waals surface area contributed by atoms with Crippen LogP contribution in [0.15, 0.2) is 0 Å². The average Bonchev–Trinajstić information content (AvgIpc) is 2.60. The molecule has 2 aliphatic rings. The van der Waals surface area contributed by atoms with E-state index in [1.54, 1.807) is 0 Å². The maximum absolute atomic E-state index is 13.2. The Morgan fingerprint density at radius 2 is 2.08 bits per heavy atom. The largest absolute Gasteiger partial charge is 0.480 e. The number of carboxylic acids is 1. The van der Waals surface area contributed by atoms with E-state index in [-0.39, 0.29) is 5.41 Å². The predicted octanol–water partition coefficient (Wildman–Crippen LogP) is 1.59. The first-order chi connectivity index (χ1) is 6.13. The highest BCUT2D eigenvalue weighted by Crippen LogP contribution is 2.47. The Morgan fingerprint density at radius 3 is 2.54 bits per heavy atom. The molecule has 4 heteroatoms. The lowest BCUT2D eigenvalue weighted by Crippen LogP contribution is -2.29. The molecule has 0 amide bonds. The Kier molecular flexibility index (Phi) is 2.02. The van der Waals surface area contributed by atoms with Gasteiger partial charge in [0.1, 0.15) is 6.04 Å². The first kappa shape index (κ1) is 8.94. The molecule has 0 radical (unpaired) electrons. The Hall–Kier alpha value is -0.640. The highest BCUT2D eigenvalue weighted by atomic mass is 19.2. The van der Waals surface area contributed by atoms with Gasteiger partial charge in [-0.15, -0.1) is 9.60 Å². The molecule has 1 saturated heterocycles. The SMILES string of the molecule is O=C(O)C1CC2(CCCC2)CN1F. The number of halogens is 1. The van der Waals surface area contributed by atoms with Crippen LogP contribution in [0.1, 0.15) is 32.1 Å². The summed E-state index contributed by atoms with van der Waals surface area (Å²) >= 11 is 0. The van der Waals surface area contributed by atoms with Gasteiger partial charge in [0.05, 0.1) is 0 Å². The minimum Gasteiger partial charge on any atom is -0.480 e. The molecule has 3 nitrogen and oxygen atoms in total. The molecule has 1 aliphatic heterocycles. The molecule has 1 spiro atoms. The summed E-state index contributed by atoms with van der Waals surface area (Å²) in [7, 11) is 0. The number of carboxylic acid groups (broad SMARTS) is 1. The van der Waals surface area contributed by atoms with Crippen LogP contribution in [-0.4, -0.2) is 28.8 Å². The van der Waals surface area contributed by atoms with Crippen LogP contribution in [0, 0.1) is 5.41 Å². The van der Waals surface area contributed by atoms with Crippen molar-refractivity contribution >= 4 is 5.97 Å². The van der Waals surface area contributed by atoms with E-state index < -0.39 is 12.0 Å². The lowest BCUT2D eigenvalue weighted by molar-refractivity contribution is -0.148. The van der Waals surface area contributed by atoms with E-state index in [9.17, 15) is 9.28 Å². The fourth-order valence-corrected chi connectivity index (χ4v) is 2.70. The summed E-state index contributed by atoms with van der Waals surface area (Å²) < 4.78 is 13.2. The second kappa shape index (κ2) is 2.94. The number of carbonyl (C=O) groups is 1. The lowest BCUT2D eigenvalue weighted by Gasteiger charge is -2.20. The molecule has 0 aromatic heterocycles. The summed E-state index contributed by atoms with van der Waals surface area (Å²) in [4.78, 5) is 10.7. The zero-order valence-electron chi connectivity index (χ0n) is 7.50. The molecule has 0 aromatic rings. The number of hydrogen-bond acceptors (Lipinski definition) is 2. The minimum atomic E-state index is -1.02. The van der Waals surface area contributed by atoms with Crippen molar-refractivity contribution in [3.63, 3.8) is 0 Å². The number of rotatable bonds is 1. The van der Waals surface area contributed by atoms with E-state index in [1.165, 1.54) is 0 Å².